The number of carbonyl (C=O) groups excluding carboxylic acids is 1. The second-order valence-electron chi connectivity index (χ2n) is 9.13. The van der Waals surface area contributed by atoms with Crippen LogP contribution in [0.3, 0.4) is 0 Å². The standard InChI is InChI=1S/C29H30N2O5/c1-17(2)36-27-11-10-19(24-14-20(29(34)35)9-8-18(24)3)13-25(27)28(33)31-22(16-32)12-21-15-30-26-7-5-4-6-23(21)26/h4-11,13-15,17,22,30,32H,12,16H2,1-3H3,(H,31,33)(H,34,35)/t22-/m1/s1. The zero-order valence-corrected chi connectivity index (χ0v) is 20.5. The van der Waals surface area contributed by atoms with E-state index in [4.69, 9.17) is 4.74 Å². The Morgan fingerprint density at radius 3 is 2.56 bits per heavy atom. The third-order valence-electron chi connectivity index (χ3n) is 6.08. The molecule has 1 heterocycles. The van der Waals surface area contributed by atoms with Gasteiger partial charge in [-0.05, 0) is 79.8 Å². The summed E-state index contributed by atoms with van der Waals surface area (Å²) in [6, 6.07) is 17.5. The zero-order chi connectivity index (χ0) is 25.8. The highest BCUT2D eigenvalue weighted by Gasteiger charge is 2.21. The van der Waals surface area contributed by atoms with Crippen LogP contribution in [-0.2, 0) is 6.42 Å². The maximum absolute atomic E-state index is 13.4. The molecule has 7 heteroatoms. The van der Waals surface area contributed by atoms with Crippen LogP contribution in [0.5, 0.6) is 5.75 Å². The van der Waals surface area contributed by atoms with E-state index in [-0.39, 0.29) is 24.2 Å². The second kappa shape index (κ2) is 10.7. The van der Waals surface area contributed by atoms with Crippen LogP contribution in [0.25, 0.3) is 22.0 Å². The molecule has 0 radical (unpaired) electrons. The van der Waals surface area contributed by atoms with E-state index >= 15 is 0 Å². The lowest BCUT2D eigenvalue weighted by Crippen LogP contribution is -2.39. The Morgan fingerprint density at radius 2 is 1.83 bits per heavy atom. The van der Waals surface area contributed by atoms with Crippen LogP contribution < -0.4 is 10.1 Å². The monoisotopic (exact) mass is 486 g/mol. The van der Waals surface area contributed by atoms with E-state index < -0.39 is 12.0 Å². The number of rotatable bonds is 9. The Morgan fingerprint density at radius 1 is 1.06 bits per heavy atom. The van der Waals surface area contributed by atoms with Gasteiger partial charge >= 0.3 is 5.97 Å². The van der Waals surface area contributed by atoms with Gasteiger partial charge in [-0.3, -0.25) is 4.79 Å². The lowest BCUT2D eigenvalue weighted by atomic mass is 9.96. The number of nitrogens with one attached hydrogen (secondary N) is 2. The highest BCUT2D eigenvalue weighted by atomic mass is 16.5. The number of aromatic carboxylic acids is 1. The number of ether oxygens (including phenoxy) is 1. The number of carboxylic acids is 1. The molecule has 4 rings (SSSR count). The molecule has 0 saturated carbocycles. The topological polar surface area (TPSA) is 112 Å². The van der Waals surface area contributed by atoms with E-state index in [1.54, 1.807) is 30.3 Å². The van der Waals surface area contributed by atoms with Crippen molar-refractivity contribution in [2.75, 3.05) is 6.61 Å². The van der Waals surface area contributed by atoms with Crippen LogP contribution >= 0.6 is 0 Å². The van der Waals surface area contributed by atoms with E-state index in [1.807, 2.05) is 57.3 Å². The minimum atomic E-state index is -1.02. The van der Waals surface area contributed by atoms with Crippen molar-refractivity contribution in [3.63, 3.8) is 0 Å². The number of hydrogen-bond donors (Lipinski definition) is 4. The summed E-state index contributed by atoms with van der Waals surface area (Å²) in [5.41, 5.74) is 4.79. The zero-order valence-electron chi connectivity index (χ0n) is 20.5. The Labute approximate surface area is 209 Å². The van der Waals surface area contributed by atoms with Crippen molar-refractivity contribution in [1.82, 2.24) is 10.3 Å². The number of aryl methyl sites for hydroxylation is 1. The van der Waals surface area contributed by atoms with Crippen molar-refractivity contribution in [1.29, 1.82) is 0 Å². The van der Waals surface area contributed by atoms with Crippen LogP contribution in [0, 0.1) is 6.92 Å². The first-order chi connectivity index (χ1) is 17.3. The summed E-state index contributed by atoms with van der Waals surface area (Å²) in [7, 11) is 0. The number of carbonyl (C=O) groups is 2. The molecule has 7 nitrogen and oxygen atoms in total. The Hall–Kier alpha value is -4.10. The molecule has 0 fully saturated rings. The summed E-state index contributed by atoms with van der Waals surface area (Å²) in [6.07, 6.45) is 2.19. The number of benzene rings is 3. The van der Waals surface area contributed by atoms with Gasteiger partial charge in [-0.25, -0.2) is 4.79 Å². The van der Waals surface area contributed by atoms with E-state index in [0.29, 0.717) is 23.3 Å². The van der Waals surface area contributed by atoms with Gasteiger partial charge in [-0.2, -0.15) is 0 Å². The lowest BCUT2D eigenvalue weighted by molar-refractivity contribution is 0.0696. The highest BCUT2D eigenvalue weighted by molar-refractivity contribution is 5.99. The fraction of sp³-hybridized carbons (Fsp3) is 0.241. The molecule has 0 bridgehead atoms. The SMILES string of the molecule is Cc1ccc(C(=O)O)cc1-c1ccc(OC(C)C)c(C(=O)N[C@@H](CO)Cc2c[nH]c3ccccc23)c1. The summed E-state index contributed by atoms with van der Waals surface area (Å²) < 4.78 is 5.91. The molecule has 36 heavy (non-hydrogen) atoms. The molecule has 1 amide bonds. The molecule has 0 spiro atoms. The fourth-order valence-electron chi connectivity index (χ4n) is 4.29. The molecule has 1 atom stereocenters. The molecule has 186 valence electrons. The molecule has 0 saturated heterocycles. The molecule has 4 aromatic rings. The van der Waals surface area contributed by atoms with Crippen molar-refractivity contribution < 1.29 is 24.5 Å². The summed E-state index contributed by atoms with van der Waals surface area (Å²) in [5, 5.41) is 23.5. The maximum Gasteiger partial charge on any atom is 0.335 e. The lowest BCUT2D eigenvalue weighted by Gasteiger charge is -2.20. The number of fused-ring (bicyclic) bond motifs is 1. The van der Waals surface area contributed by atoms with Crippen LogP contribution in [-0.4, -0.2) is 45.8 Å². The van der Waals surface area contributed by atoms with Crippen molar-refractivity contribution in [2.45, 2.75) is 39.3 Å². The molecule has 1 aromatic heterocycles. The number of amides is 1. The van der Waals surface area contributed by atoms with Gasteiger partial charge in [0.05, 0.1) is 29.9 Å². The molecular weight excluding hydrogens is 456 g/mol. The van der Waals surface area contributed by atoms with Gasteiger partial charge in [0.1, 0.15) is 5.75 Å². The average molecular weight is 487 g/mol. The summed E-state index contributed by atoms with van der Waals surface area (Å²) in [5.74, 6) is -0.974. The van der Waals surface area contributed by atoms with Crippen LogP contribution in [0.1, 0.15) is 45.7 Å². The second-order valence-corrected chi connectivity index (χ2v) is 9.13. The normalized spacial score (nSPS) is 12.0. The molecule has 0 aliphatic carbocycles. The Balaban J connectivity index is 1.65. The van der Waals surface area contributed by atoms with Gasteiger partial charge in [-0.15, -0.1) is 0 Å². The van der Waals surface area contributed by atoms with Crippen molar-refractivity contribution in [2.24, 2.45) is 0 Å². The number of aromatic nitrogens is 1. The average Bonchev–Trinajstić information content (AvgIpc) is 3.26. The number of aliphatic hydroxyl groups excluding tert-OH is 1. The van der Waals surface area contributed by atoms with E-state index in [0.717, 1.165) is 27.6 Å². The quantitative estimate of drug-likeness (QED) is 0.267. The van der Waals surface area contributed by atoms with Crippen molar-refractivity contribution >= 4 is 22.8 Å². The minimum Gasteiger partial charge on any atom is -0.490 e. The van der Waals surface area contributed by atoms with Crippen LogP contribution in [0.4, 0.5) is 0 Å². The summed E-state index contributed by atoms with van der Waals surface area (Å²) in [4.78, 5) is 28.2. The fourth-order valence-corrected chi connectivity index (χ4v) is 4.29. The molecule has 0 unspecified atom stereocenters. The summed E-state index contributed by atoms with van der Waals surface area (Å²) in [6.45, 7) is 5.42. The molecular formula is C29H30N2O5. The first-order valence-electron chi connectivity index (χ1n) is 11.9. The van der Waals surface area contributed by atoms with Gasteiger partial charge in [-0.1, -0.05) is 30.3 Å². The molecule has 0 aliphatic heterocycles. The minimum absolute atomic E-state index is 0.153. The molecule has 4 N–H and O–H groups in total. The van der Waals surface area contributed by atoms with Gasteiger partial charge in [0, 0.05) is 17.1 Å². The first kappa shape index (κ1) is 25.0. The summed E-state index contributed by atoms with van der Waals surface area (Å²) >= 11 is 0. The van der Waals surface area contributed by atoms with Gasteiger partial charge < -0.3 is 25.3 Å². The first-order valence-corrected chi connectivity index (χ1v) is 11.9. The smallest absolute Gasteiger partial charge is 0.335 e. The number of para-hydroxylation sites is 1. The maximum atomic E-state index is 13.4. The van der Waals surface area contributed by atoms with Gasteiger partial charge in [0.25, 0.3) is 5.91 Å². The third-order valence-corrected chi connectivity index (χ3v) is 6.08. The molecule has 0 aliphatic rings. The Kier molecular flexibility index (Phi) is 7.41. The Bertz CT molecular complexity index is 1410. The van der Waals surface area contributed by atoms with E-state index in [1.165, 1.54) is 0 Å². The third kappa shape index (κ3) is 5.42. The van der Waals surface area contributed by atoms with Crippen LogP contribution in [0.15, 0.2) is 66.9 Å². The van der Waals surface area contributed by atoms with Crippen LogP contribution in [0.2, 0.25) is 0 Å². The van der Waals surface area contributed by atoms with E-state index in [2.05, 4.69) is 10.3 Å². The number of aromatic amines is 1. The number of carboxylic acid groups (broad SMARTS) is 1. The van der Waals surface area contributed by atoms with E-state index in [9.17, 15) is 19.8 Å². The predicted octanol–water partition coefficient (Wildman–Crippen LogP) is 4.96. The number of aliphatic hydroxyl groups is 1. The van der Waals surface area contributed by atoms with Crippen molar-refractivity contribution in [3.05, 3.63) is 89.1 Å². The van der Waals surface area contributed by atoms with Gasteiger partial charge in [0.15, 0.2) is 0 Å². The van der Waals surface area contributed by atoms with Crippen molar-refractivity contribution in [3.8, 4) is 16.9 Å². The number of H-pyrrole nitrogens is 1. The highest BCUT2D eigenvalue weighted by Crippen LogP contribution is 2.30. The van der Waals surface area contributed by atoms with Gasteiger partial charge in [0.2, 0.25) is 0 Å². The predicted molar refractivity (Wildman–Crippen MR) is 140 cm³/mol. The molecule has 3 aromatic carbocycles. The number of hydrogen-bond acceptors (Lipinski definition) is 4. The largest absolute Gasteiger partial charge is 0.490 e.